The molecule has 3 rings (SSSR count). The Morgan fingerprint density at radius 1 is 1.26 bits per heavy atom. The van der Waals surface area contributed by atoms with Crippen molar-refractivity contribution in [3.63, 3.8) is 0 Å². The van der Waals surface area contributed by atoms with Gasteiger partial charge in [0.2, 0.25) is 0 Å². The van der Waals surface area contributed by atoms with Crippen LogP contribution in [-0.2, 0) is 13.2 Å². The summed E-state index contributed by atoms with van der Waals surface area (Å²) in [6, 6.07) is 5.46. The molecule has 31 heavy (non-hydrogen) atoms. The van der Waals surface area contributed by atoms with Crippen LogP contribution in [0.5, 0.6) is 0 Å². The quantitative estimate of drug-likeness (QED) is 0.623. The molecule has 2 heterocycles. The van der Waals surface area contributed by atoms with Gasteiger partial charge in [0.1, 0.15) is 11.3 Å². The minimum Gasteiger partial charge on any atom is -0.349 e. The molecule has 0 bridgehead atoms. The van der Waals surface area contributed by atoms with E-state index in [0.717, 1.165) is 16.8 Å². The van der Waals surface area contributed by atoms with E-state index in [-0.39, 0.29) is 17.3 Å². The Kier molecular flexibility index (Phi) is 6.54. The molecule has 0 radical (unpaired) electrons. The topological polar surface area (TPSA) is 81.8 Å². The first kappa shape index (κ1) is 22.6. The summed E-state index contributed by atoms with van der Waals surface area (Å²) >= 11 is 1.54. The average molecular weight is 451 g/mol. The Hall–Kier alpha value is -3.08. The molecule has 0 fully saturated rings. The lowest BCUT2D eigenvalue weighted by atomic mass is 10.1. The van der Waals surface area contributed by atoms with Crippen LogP contribution in [0, 0.1) is 0 Å². The Bertz CT molecular complexity index is 1140. The molecule has 1 N–H and O–H groups in total. The fourth-order valence-electron chi connectivity index (χ4n) is 2.91. The second-order valence-corrected chi connectivity index (χ2v) is 7.85. The van der Waals surface area contributed by atoms with Crippen molar-refractivity contribution in [1.29, 1.82) is 0 Å². The molecule has 2 aromatic heterocycles. The zero-order chi connectivity index (χ0) is 22.8. The fourth-order valence-corrected chi connectivity index (χ4v) is 3.50. The first-order valence-electron chi connectivity index (χ1n) is 9.21. The van der Waals surface area contributed by atoms with Crippen molar-refractivity contribution in [2.45, 2.75) is 19.1 Å². The molecular weight excluding hydrogens is 431 g/mol. The van der Waals surface area contributed by atoms with E-state index in [1.165, 1.54) is 29.1 Å². The largest absolute Gasteiger partial charge is 0.416 e. The van der Waals surface area contributed by atoms with E-state index in [4.69, 9.17) is 0 Å². The number of carbonyl (C=O) groups excluding carboxylic acids is 1. The van der Waals surface area contributed by atoms with Gasteiger partial charge in [-0.25, -0.2) is 0 Å². The van der Waals surface area contributed by atoms with Gasteiger partial charge in [0, 0.05) is 24.4 Å². The van der Waals surface area contributed by atoms with E-state index in [1.54, 1.807) is 25.0 Å². The standard InChI is InChI=1S/C20H20F3N5O2S/c1-12(11-31-3)25-18(29)16-8-17(13-4-6-14(7-5-13)20(21,22)23)26-28(19(16)30)15-9-24-27(2)10-15/h4-10,12H,11H2,1-3H3,(H,25,29)/t12-/m0/s1. The number of amides is 1. The Morgan fingerprint density at radius 3 is 2.48 bits per heavy atom. The van der Waals surface area contributed by atoms with E-state index in [1.807, 2.05) is 13.2 Å². The third-order valence-electron chi connectivity index (χ3n) is 4.39. The van der Waals surface area contributed by atoms with Crippen molar-refractivity contribution in [3.05, 3.63) is 64.2 Å². The number of nitrogens with one attached hydrogen (secondary N) is 1. The Labute approximate surface area is 180 Å². The highest BCUT2D eigenvalue weighted by atomic mass is 32.2. The van der Waals surface area contributed by atoms with Crippen molar-refractivity contribution in [2.24, 2.45) is 7.05 Å². The van der Waals surface area contributed by atoms with Gasteiger partial charge in [-0.3, -0.25) is 14.3 Å². The monoisotopic (exact) mass is 451 g/mol. The molecule has 0 aliphatic rings. The van der Waals surface area contributed by atoms with E-state index in [0.29, 0.717) is 17.0 Å². The minimum atomic E-state index is -4.47. The smallest absolute Gasteiger partial charge is 0.349 e. The third kappa shape index (κ3) is 5.16. The van der Waals surface area contributed by atoms with Gasteiger partial charge in [-0.15, -0.1) is 0 Å². The number of alkyl halides is 3. The zero-order valence-corrected chi connectivity index (χ0v) is 17.8. The molecule has 11 heteroatoms. The summed E-state index contributed by atoms with van der Waals surface area (Å²) in [6.07, 6.45) is 0.373. The van der Waals surface area contributed by atoms with Crippen molar-refractivity contribution >= 4 is 17.7 Å². The molecule has 1 amide bonds. The summed E-state index contributed by atoms with van der Waals surface area (Å²) < 4.78 is 41.2. The number of halogens is 3. The highest BCUT2D eigenvalue weighted by Crippen LogP contribution is 2.30. The van der Waals surface area contributed by atoms with Gasteiger partial charge < -0.3 is 5.32 Å². The first-order valence-corrected chi connectivity index (χ1v) is 10.6. The maximum atomic E-state index is 13.0. The number of hydrogen-bond donors (Lipinski definition) is 1. The molecule has 3 aromatic rings. The molecule has 1 aromatic carbocycles. The van der Waals surface area contributed by atoms with Crippen molar-refractivity contribution in [1.82, 2.24) is 24.9 Å². The molecule has 0 aliphatic heterocycles. The van der Waals surface area contributed by atoms with Gasteiger partial charge in [0.25, 0.3) is 11.5 Å². The van der Waals surface area contributed by atoms with Crippen LogP contribution < -0.4 is 10.9 Å². The SMILES string of the molecule is CSC[C@H](C)NC(=O)c1cc(-c2ccc(C(F)(F)F)cc2)nn(-c2cnn(C)c2)c1=O. The summed E-state index contributed by atoms with van der Waals surface area (Å²) in [5, 5.41) is 11.0. The maximum absolute atomic E-state index is 13.0. The number of carbonyl (C=O) groups is 1. The van der Waals surface area contributed by atoms with Crippen molar-refractivity contribution in [3.8, 4) is 16.9 Å². The lowest BCUT2D eigenvalue weighted by molar-refractivity contribution is -0.137. The number of thioether (sulfide) groups is 1. The number of aryl methyl sites for hydroxylation is 1. The second kappa shape index (κ2) is 8.96. The highest BCUT2D eigenvalue weighted by Gasteiger charge is 2.30. The summed E-state index contributed by atoms with van der Waals surface area (Å²) in [7, 11) is 1.66. The van der Waals surface area contributed by atoms with Crippen LogP contribution in [0.3, 0.4) is 0 Å². The molecule has 164 valence electrons. The number of aromatic nitrogens is 4. The predicted octanol–water partition coefficient (Wildman–Crippen LogP) is 3.13. The zero-order valence-electron chi connectivity index (χ0n) is 17.0. The van der Waals surface area contributed by atoms with Crippen LogP contribution in [-0.4, -0.2) is 43.5 Å². The molecule has 0 unspecified atom stereocenters. The third-order valence-corrected chi connectivity index (χ3v) is 5.23. The Balaban J connectivity index is 2.11. The van der Waals surface area contributed by atoms with Crippen LogP contribution in [0.4, 0.5) is 13.2 Å². The molecule has 1 atom stereocenters. The van der Waals surface area contributed by atoms with E-state index >= 15 is 0 Å². The van der Waals surface area contributed by atoms with Crippen LogP contribution in [0.1, 0.15) is 22.8 Å². The predicted molar refractivity (Wildman–Crippen MR) is 112 cm³/mol. The Morgan fingerprint density at radius 2 is 1.94 bits per heavy atom. The van der Waals surface area contributed by atoms with Crippen molar-refractivity contribution < 1.29 is 18.0 Å². The van der Waals surface area contributed by atoms with E-state index in [2.05, 4.69) is 15.5 Å². The summed E-state index contributed by atoms with van der Waals surface area (Å²) in [6.45, 7) is 1.81. The molecule has 0 aliphatic carbocycles. The van der Waals surface area contributed by atoms with Gasteiger partial charge in [-0.1, -0.05) is 12.1 Å². The lowest BCUT2D eigenvalue weighted by Gasteiger charge is -2.14. The number of rotatable bonds is 6. The van der Waals surface area contributed by atoms with Gasteiger partial charge in [0.15, 0.2) is 0 Å². The van der Waals surface area contributed by atoms with Gasteiger partial charge in [-0.05, 0) is 31.4 Å². The fraction of sp³-hybridized carbons (Fsp3) is 0.300. The van der Waals surface area contributed by atoms with E-state index in [9.17, 15) is 22.8 Å². The van der Waals surface area contributed by atoms with Gasteiger partial charge >= 0.3 is 6.18 Å². The van der Waals surface area contributed by atoms with Gasteiger partial charge in [0.05, 0.1) is 23.7 Å². The van der Waals surface area contributed by atoms with Crippen molar-refractivity contribution in [2.75, 3.05) is 12.0 Å². The molecule has 0 saturated carbocycles. The molecule has 0 spiro atoms. The van der Waals surface area contributed by atoms with E-state index < -0.39 is 23.2 Å². The van der Waals surface area contributed by atoms with Gasteiger partial charge in [-0.2, -0.15) is 39.8 Å². The van der Waals surface area contributed by atoms with Crippen LogP contribution in [0.2, 0.25) is 0 Å². The normalized spacial score (nSPS) is 12.6. The summed E-state index contributed by atoms with van der Waals surface area (Å²) in [4.78, 5) is 25.8. The molecule has 7 nitrogen and oxygen atoms in total. The molecule has 0 saturated heterocycles. The maximum Gasteiger partial charge on any atom is 0.416 e. The lowest BCUT2D eigenvalue weighted by Crippen LogP contribution is -2.39. The van der Waals surface area contributed by atoms with Crippen LogP contribution in [0.15, 0.2) is 47.5 Å². The number of hydrogen-bond acceptors (Lipinski definition) is 5. The first-order chi connectivity index (χ1) is 14.6. The van der Waals surface area contributed by atoms with Crippen LogP contribution >= 0.6 is 11.8 Å². The highest BCUT2D eigenvalue weighted by molar-refractivity contribution is 7.98. The minimum absolute atomic E-state index is 0.165. The summed E-state index contributed by atoms with van der Waals surface area (Å²) in [5.41, 5.74) is -0.788. The molecular formula is C20H20F3N5O2S. The second-order valence-electron chi connectivity index (χ2n) is 6.94. The number of benzene rings is 1. The van der Waals surface area contributed by atoms with Crippen LogP contribution in [0.25, 0.3) is 16.9 Å². The number of nitrogens with zero attached hydrogens (tertiary/aromatic N) is 4. The average Bonchev–Trinajstić information content (AvgIpc) is 3.13. The summed E-state index contributed by atoms with van der Waals surface area (Å²) in [5.74, 6) is 0.0686.